The number of rotatable bonds is 9. The second-order valence-electron chi connectivity index (χ2n) is 7.48. The van der Waals surface area contributed by atoms with Gasteiger partial charge in [-0.05, 0) is 51.6 Å². The van der Waals surface area contributed by atoms with E-state index in [-0.39, 0.29) is 24.0 Å². The van der Waals surface area contributed by atoms with E-state index in [1.54, 1.807) is 0 Å². The van der Waals surface area contributed by atoms with Gasteiger partial charge in [0.25, 0.3) is 0 Å². The van der Waals surface area contributed by atoms with E-state index in [2.05, 4.69) is 20.8 Å². The molecule has 2 heterocycles. The number of hydrogen-bond acceptors (Lipinski definition) is 4. The summed E-state index contributed by atoms with van der Waals surface area (Å²) in [4.78, 5) is 6.17. The standard InChI is InChI=1S/C20H34F3N5O.HI/c1-4-17-16(18(5-2)29-27-17)13-26-19(24-6-3)25-10-7-15-8-11-28(12-9-15)14-20(21,22)23;/h15H,4-14H2,1-3H3,(H2,24,25,26);1H. The number of piperidine rings is 1. The Labute approximate surface area is 194 Å². The van der Waals surface area contributed by atoms with Gasteiger partial charge in [-0.3, -0.25) is 4.90 Å². The molecule has 0 atom stereocenters. The fourth-order valence-corrected chi connectivity index (χ4v) is 3.70. The van der Waals surface area contributed by atoms with E-state index in [9.17, 15) is 13.2 Å². The van der Waals surface area contributed by atoms with Crippen LogP contribution in [0.3, 0.4) is 0 Å². The molecule has 0 bridgehead atoms. The van der Waals surface area contributed by atoms with Gasteiger partial charge in [0, 0.05) is 25.1 Å². The Kier molecular flexibility index (Phi) is 12.0. The first-order valence-corrected chi connectivity index (χ1v) is 10.6. The number of likely N-dealkylation sites (tertiary alicyclic amines) is 1. The monoisotopic (exact) mass is 545 g/mol. The highest BCUT2D eigenvalue weighted by Gasteiger charge is 2.32. The Morgan fingerprint density at radius 3 is 2.43 bits per heavy atom. The minimum atomic E-state index is -4.11. The molecule has 10 heteroatoms. The van der Waals surface area contributed by atoms with Gasteiger partial charge < -0.3 is 15.2 Å². The number of halogens is 4. The van der Waals surface area contributed by atoms with E-state index in [4.69, 9.17) is 4.52 Å². The number of aliphatic imine (C=N–C) groups is 1. The maximum absolute atomic E-state index is 12.5. The van der Waals surface area contributed by atoms with Gasteiger partial charge in [-0.25, -0.2) is 4.99 Å². The van der Waals surface area contributed by atoms with Crippen molar-refractivity contribution in [3.63, 3.8) is 0 Å². The van der Waals surface area contributed by atoms with Crippen LogP contribution in [0, 0.1) is 5.92 Å². The summed E-state index contributed by atoms with van der Waals surface area (Å²) >= 11 is 0. The van der Waals surface area contributed by atoms with Crippen LogP contribution in [0.4, 0.5) is 13.2 Å². The van der Waals surface area contributed by atoms with E-state index in [1.807, 2.05) is 20.8 Å². The molecule has 0 aromatic carbocycles. The van der Waals surface area contributed by atoms with Crippen molar-refractivity contribution in [2.45, 2.75) is 65.6 Å². The van der Waals surface area contributed by atoms with Crippen molar-refractivity contribution in [2.24, 2.45) is 10.9 Å². The van der Waals surface area contributed by atoms with Crippen LogP contribution in [0.15, 0.2) is 9.52 Å². The third kappa shape index (κ3) is 8.99. The number of aryl methyl sites for hydroxylation is 2. The molecule has 0 amide bonds. The van der Waals surface area contributed by atoms with E-state index >= 15 is 0 Å². The number of alkyl halides is 3. The molecule has 6 nitrogen and oxygen atoms in total. The molecule has 1 saturated heterocycles. The Morgan fingerprint density at radius 1 is 1.17 bits per heavy atom. The average Bonchev–Trinajstić information content (AvgIpc) is 3.08. The zero-order valence-corrected chi connectivity index (χ0v) is 20.5. The summed E-state index contributed by atoms with van der Waals surface area (Å²) in [5.41, 5.74) is 2.01. The third-order valence-corrected chi connectivity index (χ3v) is 5.30. The quantitative estimate of drug-likeness (QED) is 0.278. The first-order valence-electron chi connectivity index (χ1n) is 10.6. The molecule has 0 aliphatic carbocycles. The van der Waals surface area contributed by atoms with Gasteiger partial charge in [0.2, 0.25) is 0 Å². The Balaban J connectivity index is 0.00000450. The molecule has 30 heavy (non-hydrogen) atoms. The third-order valence-electron chi connectivity index (χ3n) is 5.30. The molecule has 0 spiro atoms. The van der Waals surface area contributed by atoms with Crippen LogP contribution < -0.4 is 10.6 Å². The van der Waals surface area contributed by atoms with Crippen LogP contribution in [-0.2, 0) is 19.4 Å². The summed E-state index contributed by atoms with van der Waals surface area (Å²) in [6.45, 7) is 8.37. The molecule has 0 radical (unpaired) electrons. The second kappa shape index (κ2) is 13.4. The van der Waals surface area contributed by atoms with Crippen molar-refractivity contribution >= 4 is 29.9 Å². The maximum atomic E-state index is 12.5. The molecule has 1 aliphatic rings. The lowest BCUT2D eigenvalue weighted by Gasteiger charge is -2.32. The van der Waals surface area contributed by atoms with Crippen molar-refractivity contribution in [3.05, 3.63) is 17.0 Å². The van der Waals surface area contributed by atoms with Crippen LogP contribution >= 0.6 is 24.0 Å². The minimum Gasteiger partial charge on any atom is -0.361 e. The molecule has 2 N–H and O–H groups in total. The Hall–Kier alpha value is -1.04. The van der Waals surface area contributed by atoms with Gasteiger partial charge in [-0.15, -0.1) is 24.0 Å². The fraction of sp³-hybridized carbons (Fsp3) is 0.800. The van der Waals surface area contributed by atoms with Gasteiger partial charge in [-0.1, -0.05) is 19.0 Å². The number of guanidine groups is 1. The molecule has 1 fully saturated rings. The van der Waals surface area contributed by atoms with Gasteiger partial charge >= 0.3 is 6.18 Å². The Morgan fingerprint density at radius 2 is 1.87 bits per heavy atom. The van der Waals surface area contributed by atoms with Crippen molar-refractivity contribution in [3.8, 4) is 0 Å². The van der Waals surface area contributed by atoms with Crippen molar-refractivity contribution in [1.29, 1.82) is 0 Å². The maximum Gasteiger partial charge on any atom is 0.401 e. The van der Waals surface area contributed by atoms with Crippen LogP contribution in [0.1, 0.15) is 57.1 Å². The van der Waals surface area contributed by atoms with E-state index in [0.717, 1.165) is 68.2 Å². The molecule has 1 aromatic rings. The molecular weight excluding hydrogens is 510 g/mol. The molecule has 1 aromatic heterocycles. The summed E-state index contributed by atoms with van der Waals surface area (Å²) in [7, 11) is 0. The van der Waals surface area contributed by atoms with Gasteiger partial charge in [0.15, 0.2) is 5.96 Å². The van der Waals surface area contributed by atoms with Gasteiger partial charge in [0.05, 0.1) is 18.8 Å². The van der Waals surface area contributed by atoms with Crippen LogP contribution in [0.5, 0.6) is 0 Å². The van der Waals surface area contributed by atoms with Crippen LogP contribution in [0.2, 0.25) is 0 Å². The average molecular weight is 545 g/mol. The number of nitrogens with zero attached hydrogens (tertiary/aromatic N) is 3. The molecule has 2 rings (SSSR count). The fourth-order valence-electron chi connectivity index (χ4n) is 3.70. The van der Waals surface area contributed by atoms with Crippen molar-refractivity contribution < 1.29 is 17.7 Å². The summed E-state index contributed by atoms with van der Waals surface area (Å²) in [5.74, 6) is 2.07. The number of nitrogens with one attached hydrogen (secondary N) is 2. The zero-order valence-electron chi connectivity index (χ0n) is 18.1. The normalized spacial score (nSPS) is 16.4. The number of aromatic nitrogens is 1. The zero-order chi connectivity index (χ0) is 21.3. The van der Waals surface area contributed by atoms with Crippen LogP contribution in [-0.4, -0.2) is 54.9 Å². The topological polar surface area (TPSA) is 65.7 Å². The molecular formula is C20H35F3IN5O. The number of hydrogen-bond donors (Lipinski definition) is 2. The first kappa shape index (κ1) is 27.0. The smallest absolute Gasteiger partial charge is 0.361 e. The largest absolute Gasteiger partial charge is 0.401 e. The summed E-state index contributed by atoms with van der Waals surface area (Å²) < 4.78 is 42.9. The predicted molar refractivity (Wildman–Crippen MR) is 123 cm³/mol. The lowest BCUT2D eigenvalue weighted by atomic mass is 9.93. The van der Waals surface area contributed by atoms with Crippen LogP contribution in [0.25, 0.3) is 0 Å². The van der Waals surface area contributed by atoms with E-state index in [1.165, 1.54) is 4.90 Å². The Bertz CT molecular complexity index is 621. The lowest BCUT2D eigenvalue weighted by molar-refractivity contribution is -0.148. The van der Waals surface area contributed by atoms with Crippen molar-refractivity contribution in [1.82, 2.24) is 20.7 Å². The minimum absolute atomic E-state index is 0. The van der Waals surface area contributed by atoms with Gasteiger partial charge in [-0.2, -0.15) is 13.2 Å². The molecule has 1 aliphatic heterocycles. The summed E-state index contributed by atoms with van der Waals surface area (Å²) in [6, 6.07) is 0. The summed E-state index contributed by atoms with van der Waals surface area (Å²) in [5, 5.41) is 10.7. The summed E-state index contributed by atoms with van der Waals surface area (Å²) in [6.07, 6.45) is 0.0429. The molecule has 174 valence electrons. The van der Waals surface area contributed by atoms with Gasteiger partial charge in [0.1, 0.15) is 5.76 Å². The SMILES string of the molecule is CCNC(=NCc1c(CC)noc1CC)NCCC1CCN(CC(F)(F)F)CC1.I. The second-order valence-corrected chi connectivity index (χ2v) is 7.48. The molecule has 0 unspecified atom stereocenters. The van der Waals surface area contributed by atoms with E-state index in [0.29, 0.717) is 25.6 Å². The van der Waals surface area contributed by atoms with Crippen molar-refractivity contribution in [2.75, 3.05) is 32.7 Å². The predicted octanol–water partition coefficient (Wildman–Crippen LogP) is 4.14. The highest BCUT2D eigenvalue weighted by Crippen LogP contribution is 2.24. The molecule has 0 saturated carbocycles. The highest BCUT2D eigenvalue weighted by atomic mass is 127. The highest BCUT2D eigenvalue weighted by molar-refractivity contribution is 14.0. The lowest BCUT2D eigenvalue weighted by Crippen LogP contribution is -2.41. The van der Waals surface area contributed by atoms with E-state index < -0.39 is 12.7 Å². The first-order chi connectivity index (χ1) is 13.9.